The van der Waals surface area contributed by atoms with Crippen molar-refractivity contribution in [2.24, 2.45) is 11.8 Å². The van der Waals surface area contributed by atoms with Crippen LogP contribution >= 0.6 is 0 Å². The van der Waals surface area contributed by atoms with Crippen molar-refractivity contribution in [2.75, 3.05) is 26.8 Å². The lowest BCUT2D eigenvalue weighted by atomic mass is 10.0. The number of carbonyl (C=O) groups excluding carboxylic acids is 1. The number of ether oxygens (including phenoxy) is 1. The predicted octanol–water partition coefficient (Wildman–Crippen LogP) is 3.63. The first-order valence-electron chi connectivity index (χ1n) is 7.81. The van der Waals surface area contributed by atoms with Crippen LogP contribution in [0.2, 0.25) is 0 Å². The van der Waals surface area contributed by atoms with Crippen molar-refractivity contribution >= 4 is 5.91 Å². The molecule has 0 heterocycles. The monoisotopic (exact) mass is 291 g/mol. The molecule has 21 heavy (non-hydrogen) atoms. The molecule has 0 N–H and O–H groups in total. The van der Waals surface area contributed by atoms with E-state index in [0.717, 1.165) is 18.5 Å². The highest BCUT2D eigenvalue weighted by Gasteiger charge is 2.16. The van der Waals surface area contributed by atoms with Gasteiger partial charge in [0.1, 0.15) is 0 Å². The summed E-state index contributed by atoms with van der Waals surface area (Å²) in [5, 5.41) is 0. The summed E-state index contributed by atoms with van der Waals surface area (Å²) in [6.45, 7) is 10.6. The zero-order valence-corrected chi connectivity index (χ0v) is 14.1. The molecule has 1 rings (SSSR count). The smallest absolute Gasteiger partial charge is 0.253 e. The molecule has 0 aliphatic rings. The second-order valence-electron chi connectivity index (χ2n) is 6.43. The maximum atomic E-state index is 12.6. The standard InChI is InChI=1S/C18H29NO2/c1-14(2)12-16-6-8-17(9-7-16)18(20)19(10-11-21-5)13-15(3)4/h6-9,14-15H,10-13H2,1-5H3. The summed E-state index contributed by atoms with van der Waals surface area (Å²) in [7, 11) is 1.67. The lowest BCUT2D eigenvalue weighted by molar-refractivity contribution is 0.0672. The van der Waals surface area contributed by atoms with E-state index < -0.39 is 0 Å². The van der Waals surface area contributed by atoms with Gasteiger partial charge >= 0.3 is 0 Å². The van der Waals surface area contributed by atoms with Gasteiger partial charge in [0.05, 0.1) is 6.61 Å². The molecule has 0 spiro atoms. The number of carbonyl (C=O) groups is 1. The average molecular weight is 291 g/mol. The molecule has 0 saturated heterocycles. The quantitative estimate of drug-likeness (QED) is 0.732. The number of methoxy groups -OCH3 is 1. The van der Waals surface area contributed by atoms with Crippen LogP contribution in [0, 0.1) is 11.8 Å². The number of hydrogen-bond donors (Lipinski definition) is 0. The van der Waals surface area contributed by atoms with Gasteiger partial charge in [0.15, 0.2) is 0 Å². The van der Waals surface area contributed by atoms with Gasteiger partial charge in [-0.25, -0.2) is 0 Å². The molecule has 0 radical (unpaired) electrons. The van der Waals surface area contributed by atoms with Crippen LogP contribution in [0.5, 0.6) is 0 Å². The SMILES string of the molecule is COCCN(CC(C)C)C(=O)c1ccc(CC(C)C)cc1. The molecule has 0 unspecified atom stereocenters. The van der Waals surface area contributed by atoms with Gasteiger partial charge in [-0.05, 0) is 36.0 Å². The van der Waals surface area contributed by atoms with Gasteiger partial charge in [0.2, 0.25) is 0 Å². The van der Waals surface area contributed by atoms with Gasteiger partial charge in [-0.15, -0.1) is 0 Å². The topological polar surface area (TPSA) is 29.5 Å². The van der Waals surface area contributed by atoms with Crippen molar-refractivity contribution in [1.82, 2.24) is 4.90 Å². The van der Waals surface area contributed by atoms with E-state index in [4.69, 9.17) is 4.74 Å². The Kier molecular flexibility index (Phi) is 7.44. The molecule has 0 aliphatic carbocycles. The summed E-state index contributed by atoms with van der Waals surface area (Å²) in [6, 6.07) is 8.02. The van der Waals surface area contributed by atoms with Crippen LogP contribution in [0.15, 0.2) is 24.3 Å². The van der Waals surface area contributed by atoms with E-state index in [1.165, 1.54) is 5.56 Å². The molecule has 0 aliphatic heterocycles. The van der Waals surface area contributed by atoms with E-state index in [-0.39, 0.29) is 5.91 Å². The fourth-order valence-electron chi connectivity index (χ4n) is 2.36. The molecule has 1 amide bonds. The maximum absolute atomic E-state index is 12.6. The third-order valence-electron chi connectivity index (χ3n) is 3.28. The molecule has 0 saturated carbocycles. The molecule has 3 nitrogen and oxygen atoms in total. The summed E-state index contributed by atoms with van der Waals surface area (Å²) in [5.74, 6) is 1.17. The van der Waals surface area contributed by atoms with E-state index in [0.29, 0.717) is 25.0 Å². The summed E-state index contributed by atoms with van der Waals surface area (Å²) in [5.41, 5.74) is 2.05. The summed E-state index contributed by atoms with van der Waals surface area (Å²) < 4.78 is 5.11. The van der Waals surface area contributed by atoms with Gasteiger partial charge < -0.3 is 9.64 Å². The first-order chi connectivity index (χ1) is 9.93. The second kappa shape index (κ2) is 8.83. The van der Waals surface area contributed by atoms with E-state index in [2.05, 4.69) is 39.8 Å². The Balaban J connectivity index is 2.77. The Hall–Kier alpha value is -1.35. The first-order valence-corrected chi connectivity index (χ1v) is 7.81. The summed E-state index contributed by atoms with van der Waals surface area (Å²) >= 11 is 0. The molecule has 0 atom stereocenters. The molecule has 118 valence electrons. The Bertz CT molecular complexity index is 423. The van der Waals surface area contributed by atoms with E-state index in [1.54, 1.807) is 7.11 Å². The fraction of sp³-hybridized carbons (Fsp3) is 0.611. The van der Waals surface area contributed by atoms with Gasteiger partial charge in [0.25, 0.3) is 5.91 Å². The molecule has 0 bridgehead atoms. The first kappa shape index (κ1) is 17.7. The number of hydrogen-bond acceptors (Lipinski definition) is 2. The number of nitrogens with zero attached hydrogens (tertiary/aromatic N) is 1. The molecule has 1 aromatic rings. The molecular weight excluding hydrogens is 262 g/mol. The minimum atomic E-state index is 0.0943. The zero-order chi connectivity index (χ0) is 15.8. The Labute approximate surface area is 129 Å². The molecule has 1 aromatic carbocycles. The highest BCUT2D eigenvalue weighted by molar-refractivity contribution is 5.94. The highest BCUT2D eigenvalue weighted by Crippen LogP contribution is 2.12. The fourth-order valence-corrected chi connectivity index (χ4v) is 2.36. The number of benzene rings is 1. The highest BCUT2D eigenvalue weighted by atomic mass is 16.5. The number of amides is 1. The van der Waals surface area contributed by atoms with Gasteiger partial charge in [-0.3, -0.25) is 4.79 Å². The minimum Gasteiger partial charge on any atom is -0.383 e. The van der Waals surface area contributed by atoms with Crippen molar-refractivity contribution in [3.8, 4) is 0 Å². The van der Waals surface area contributed by atoms with Crippen LogP contribution in [0.3, 0.4) is 0 Å². The lowest BCUT2D eigenvalue weighted by Gasteiger charge is -2.24. The van der Waals surface area contributed by atoms with Crippen molar-refractivity contribution in [3.05, 3.63) is 35.4 Å². The van der Waals surface area contributed by atoms with Crippen LogP contribution in [-0.2, 0) is 11.2 Å². The summed E-state index contributed by atoms with van der Waals surface area (Å²) in [4.78, 5) is 14.5. The molecular formula is C18H29NO2. The largest absolute Gasteiger partial charge is 0.383 e. The van der Waals surface area contributed by atoms with Gasteiger partial charge in [-0.2, -0.15) is 0 Å². The second-order valence-corrected chi connectivity index (χ2v) is 6.43. The molecule has 0 aromatic heterocycles. The van der Waals surface area contributed by atoms with Crippen molar-refractivity contribution < 1.29 is 9.53 Å². The lowest BCUT2D eigenvalue weighted by Crippen LogP contribution is -2.36. The van der Waals surface area contributed by atoms with Gasteiger partial charge in [0, 0.05) is 25.8 Å². The van der Waals surface area contributed by atoms with Crippen molar-refractivity contribution in [1.29, 1.82) is 0 Å². The molecule has 0 fully saturated rings. The Morgan fingerprint density at radius 3 is 2.19 bits per heavy atom. The average Bonchev–Trinajstić information content (AvgIpc) is 2.42. The third kappa shape index (κ3) is 6.30. The van der Waals surface area contributed by atoms with Crippen molar-refractivity contribution in [3.63, 3.8) is 0 Å². The molecule has 3 heteroatoms. The predicted molar refractivity (Wildman–Crippen MR) is 87.6 cm³/mol. The van der Waals surface area contributed by atoms with Crippen LogP contribution in [0.4, 0.5) is 0 Å². The maximum Gasteiger partial charge on any atom is 0.253 e. The Morgan fingerprint density at radius 2 is 1.71 bits per heavy atom. The van der Waals surface area contributed by atoms with Gasteiger partial charge in [-0.1, -0.05) is 39.8 Å². The van der Waals surface area contributed by atoms with Crippen LogP contribution in [0.1, 0.15) is 43.6 Å². The zero-order valence-electron chi connectivity index (χ0n) is 14.1. The third-order valence-corrected chi connectivity index (χ3v) is 3.28. The Morgan fingerprint density at radius 1 is 1.10 bits per heavy atom. The normalized spacial score (nSPS) is 11.2. The number of rotatable bonds is 8. The van der Waals surface area contributed by atoms with E-state index in [1.807, 2.05) is 17.0 Å². The van der Waals surface area contributed by atoms with Crippen LogP contribution < -0.4 is 0 Å². The van der Waals surface area contributed by atoms with Crippen molar-refractivity contribution in [2.45, 2.75) is 34.1 Å². The summed E-state index contributed by atoms with van der Waals surface area (Å²) in [6.07, 6.45) is 1.05. The minimum absolute atomic E-state index is 0.0943. The van der Waals surface area contributed by atoms with Crippen LogP contribution in [0.25, 0.3) is 0 Å². The van der Waals surface area contributed by atoms with E-state index in [9.17, 15) is 4.79 Å². The van der Waals surface area contributed by atoms with E-state index >= 15 is 0 Å². The van der Waals surface area contributed by atoms with Crippen LogP contribution in [-0.4, -0.2) is 37.6 Å².